The number of nitrogens with zero attached hydrogens (tertiary/aromatic N) is 2. The van der Waals surface area contributed by atoms with Gasteiger partial charge >= 0.3 is 0 Å². The van der Waals surface area contributed by atoms with Crippen LogP contribution in [0, 0.1) is 0 Å². The summed E-state index contributed by atoms with van der Waals surface area (Å²) in [4.78, 5) is 0. The van der Waals surface area contributed by atoms with Gasteiger partial charge in [-0.05, 0) is 12.6 Å². The van der Waals surface area contributed by atoms with Crippen molar-refractivity contribution >= 4 is 32.8 Å². The predicted molar refractivity (Wildman–Crippen MR) is 78.1 cm³/mol. The first kappa shape index (κ1) is 11.8. The third kappa shape index (κ3) is 2.16. The van der Waals surface area contributed by atoms with Crippen LogP contribution in [0.3, 0.4) is 0 Å². The highest BCUT2D eigenvalue weighted by Gasteiger charge is 2.11. The molecule has 18 heavy (non-hydrogen) atoms. The molecule has 1 N–H and O–H groups in total. The zero-order chi connectivity index (χ0) is 12.4. The minimum Gasteiger partial charge on any atom is -0.311 e. The number of benzene rings is 1. The first-order chi connectivity index (χ1) is 8.88. The molecule has 0 bridgehead atoms. The Morgan fingerprint density at radius 3 is 3.00 bits per heavy atom. The van der Waals surface area contributed by atoms with Gasteiger partial charge in [-0.3, -0.25) is 0 Å². The highest BCUT2D eigenvalue weighted by Crippen LogP contribution is 2.35. The highest BCUT2D eigenvalue weighted by atomic mass is 32.1. The second-order valence-electron chi connectivity index (χ2n) is 3.93. The quantitative estimate of drug-likeness (QED) is 0.791. The molecule has 0 amide bonds. The summed E-state index contributed by atoms with van der Waals surface area (Å²) in [6.07, 6.45) is 0. The van der Waals surface area contributed by atoms with Crippen LogP contribution in [0.5, 0.6) is 0 Å². The van der Waals surface area contributed by atoms with E-state index in [0.29, 0.717) is 0 Å². The molecule has 3 nitrogen and oxygen atoms in total. The third-order valence-corrected chi connectivity index (χ3v) is 4.62. The van der Waals surface area contributed by atoms with Crippen molar-refractivity contribution < 1.29 is 0 Å². The van der Waals surface area contributed by atoms with E-state index in [-0.39, 0.29) is 0 Å². The van der Waals surface area contributed by atoms with Crippen molar-refractivity contribution in [3.05, 3.63) is 34.7 Å². The minimum atomic E-state index is 0.802. The summed E-state index contributed by atoms with van der Waals surface area (Å²) in [5.74, 6) is 0. The molecule has 92 valence electrons. The molecule has 2 aromatic heterocycles. The van der Waals surface area contributed by atoms with E-state index >= 15 is 0 Å². The fourth-order valence-corrected chi connectivity index (χ4v) is 3.67. The second kappa shape index (κ2) is 5.14. The van der Waals surface area contributed by atoms with Crippen LogP contribution in [0.2, 0.25) is 0 Å². The molecule has 1 aromatic carbocycles. The maximum absolute atomic E-state index is 4.30. The van der Waals surface area contributed by atoms with Crippen molar-refractivity contribution in [1.29, 1.82) is 0 Å². The van der Waals surface area contributed by atoms with Crippen molar-refractivity contribution in [3.63, 3.8) is 0 Å². The fraction of sp³-hybridized carbons (Fsp3) is 0.231. The van der Waals surface area contributed by atoms with E-state index < -0.39 is 0 Å². The van der Waals surface area contributed by atoms with Crippen molar-refractivity contribution in [2.24, 2.45) is 0 Å². The summed E-state index contributed by atoms with van der Waals surface area (Å²) in [6, 6.07) is 8.43. The lowest BCUT2D eigenvalue weighted by molar-refractivity contribution is 0.715. The first-order valence-electron chi connectivity index (χ1n) is 5.88. The molecule has 3 rings (SSSR count). The molecule has 0 fully saturated rings. The lowest BCUT2D eigenvalue weighted by Gasteiger charge is -1.94. The van der Waals surface area contributed by atoms with E-state index in [1.54, 1.807) is 22.7 Å². The summed E-state index contributed by atoms with van der Waals surface area (Å²) in [7, 11) is 0. The monoisotopic (exact) mass is 275 g/mol. The second-order valence-corrected chi connectivity index (χ2v) is 5.90. The van der Waals surface area contributed by atoms with Gasteiger partial charge in [0, 0.05) is 27.6 Å². The van der Waals surface area contributed by atoms with Gasteiger partial charge in [0.05, 0.1) is 0 Å². The third-order valence-electron chi connectivity index (χ3n) is 2.70. The summed E-state index contributed by atoms with van der Waals surface area (Å²) in [6.45, 7) is 3.85. The summed E-state index contributed by atoms with van der Waals surface area (Å²) in [5, 5.41) is 17.3. The molecule has 2 heterocycles. The molecular weight excluding hydrogens is 262 g/mol. The smallest absolute Gasteiger partial charge is 0.149 e. The Morgan fingerprint density at radius 1 is 1.22 bits per heavy atom. The van der Waals surface area contributed by atoms with Crippen LogP contribution in [0.15, 0.2) is 29.6 Å². The van der Waals surface area contributed by atoms with E-state index in [1.165, 1.54) is 15.6 Å². The summed E-state index contributed by atoms with van der Waals surface area (Å²) in [5.41, 5.74) is 1.20. The van der Waals surface area contributed by atoms with Crippen LogP contribution >= 0.6 is 22.7 Å². The Hall–Kier alpha value is -1.30. The molecule has 0 aliphatic heterocycles. The number of thiophene rings is 1. The van der Waals surface area contributed by atoms with Crippen LogP contribution in [-0.4, -0.2) is 16.7 Å². The highest BCUT2D eigenvalue weighted by molar-refractivity contribution is 7.19. The Bertz CT molecular complexity index is 657. The van der Waals surface area contributed by atoms with Gasteiger partial charge in [-0.2, -0.15) is 0 Å². The Kier molecular flexibility index (Phi) is 3.36. The van der Waals surface area contributed by atoms with Crippen molar-refractivity contribution in [1.82, 2.24) is 15.5 Å². The maximum Gasteiger partial charge on any atom is 0.149 e. The average molecular weight is 275 g/mol. The maximum atomic E-state index is 4.30. The van der Waals surface area contributed by atoms with Gasteiger partial charge in [0.25, 0.3) is 0 Å². The molecule has 0 atom stereocenters. The standard InChI is InChI=1S/C13H13N3S2/c1-2-14-7-12-15-16-13(18-12)10-8-17-11-6-4-3-5-9(10)11/h3-6,8,14H,2,7H2,1H3. The minimum absolute atomic E-state index is 0.802. The summed E-state index contributed by atoms with van der Waals surface area (Å²) < 4.78 is 1.30. The van der Waals surface area contributed by atoms with Crippen LogP contribution in [-0.2, 0) is 6.54 Å². The largest absolute Gasteiger partial charge is 0.311 e. The Labute approximate surface area is 114 Å². The molecule has 5 heteroatoms. The van der Waals surface area contributed by atoms with Gasteiger partial charge in [-0.25, -0.2) is 0 Å². The first-order valence-corrected chi connectivity index (χ1v) is 7.58. The van der Waals surface area contributed by atoms with E-state index in [9.17, 15) is 0 Å². The Balaban J connectivity index is 1.96. The number of nitrogens with one attached hydrogen (secondary N) is 1. The van der Waals surface area contributed by atoms with E-state index in [4.69, 9.17) is 0 Å². The van der Waals surface area contributed by atoms with Gasteiger partial charge in [-0.15, -0.1) is 21.5 Å². The fourth-order valence-electron chi connectivity index (χ4n) is 1.81. The average Bonchev–Trinajstić information content (AvgIpc) is 3.02. The topological polar surface area (TPSA) is 37.8 Å². The van der Waals surface area contributed by atoms with Gasteiger partial charge in [0.2, 0.25) is 0 Å². The van der Waals surface area contributed by atoms with E-state index in [1.807, 2.05) is 0 Å². The summed E-state index contributed by atoms with van der Waals surface area (Å²) >= 11 is 3.43. The van der Waals surface area contributed by atoms with Crippen LogP contribution in [0.1, 0.15) is 11.9 Å². The zero-order valence-corrected chi connectivity index (χ0v) is 11.6. The molecule has 0 aliphatic rings. The van der Waals surface area contributed by atoms with Crippen LogP contribution < -0.4 is 5.32 Å². The van der Waals surface area contributed by atoms with Gasteiger partial charge in [0.1, 0.15) is 10.0 Å². The molecule has 0 radical (unpaired) electrons. The number of aromatic nitrogens is 2. The normalized spacial score (nSPS) is 11.2. The number of hydrogen-bond acceptors (Lipinski definition) is 5. The van der Waals surface area contributed by atoms with Crippen molar-refractivity contribution in [2.45, 2.75) is 13.5 Å². The Morgan fingerprint density at radius 2 is 2.11 bits per heavy atom. The van der Waals surface area contributed by atoms with Crippen molar-refractivity contribution in [3.8, 4) is 10.6 Å². The SMILES string of the molecule is CCNCc1nnc(-c2csc3ccccc23)s1. The number of hydrogen-bond donors (Lipinski definition) is 1. The predicted octanol–water partition coefficient (Wildman–Crippen LogP) is 3.53. The van der Waals surface area contributed by atoms with Crippen molar-refractivity contribution in [2.75, 3.05) is 6.54 Å². The molecule has 0 aliphatic carbocycles. The molecule has 0 saturated carbocycles. The zero-order valence-electron chi connectivity index (χ0n) is 10.0. The van der Waals surface area contributed by atoms with Gasteiger partial charge in [0.15, 0.2) is 0 Å². The van der Waals surface area contributed by atoms with Crippen LogP contribution in [0.4, 0.5) is 0 Å². The molecule has 0 saturated heterocycles. The number of rotatable bonds is 4. The molecule has 3 aromatic rings. The molecule has 0 unspecified atom stereocenters. The lowest BCUT2D eigenvalue weighted by atomic mass is 10.2. The van der Waals surface area contributed by atoms with Gasteiger partial charge < -0.3 is 5.32 Å². The molecule has 0 spiro atoms. The van der Waals surface area contributed by atoms with E-state index in [0.717, 1.165) is 23.1 Å². The van der Waals surface area contributed by atoms with Gasteiger partial charge in [-0.1, -0.05) is 36.5 Å². The lowest BCUT2D eigenvalue weighted by Crippen LogP contribution is -2.11. The number of fused-ring (bicyclic) bond motifs is 1. The molecular formula is C13H13N3S2. The van der Waals surface area contributed by atoms with Crippen LogP contribution in [0.25, 0.3) is 20.7 Å². The van der Waals surface area contributed by atoms with E-state index in [2.05, 4.69) is 52.1 Å².